The van der Waals surface area contributed by atoms with Crippen LogP contribution in [0.3, 0.4) is 0 Å². The molecule has 5 nitrogen and oxygen atoms in total. The Labute approximate surface area is 200 Å². The van der Waals surface area contributed by atoms with Crippen LogP contribution in [-0.2, 0) is 27.8 Å². The first kappa shape index (κ1) is 24.9. The first-order valence-electron chi connectivity index (χ1n) is 11.6. The van der Waals surface area contributed by atoms with Gasteiger partial charge in [0.1, 0.15) is 5.70 Å². The zero-order chi connectivity index (χ0) is 24.0. The number of benzene rings is 1. The molecule has 1 fully saturated rings. The van der Waals surface area contributed by atoms with Crippen molar-refractivity contribution in [2.24, 2.45) is 4.99 Å². The maximum Gasteiger partial charge on any atom is 0.354 e. The fourth-order valence-corrected chi connectivity index (χ4v) is 4.85. The van der Waals surface area contributed by atoms with Gasteiger partial charge in [-0.05, 0) is 92.0 Å². The molecule has 0 bridgehead atoms. The molecule has 0 spiro atoms. The molecule has 1 aromatic carbocycles. The lowest BCUT2D eigenvalue weighted by atomic mass is 9.92. The van der Waals surface area contributed by atoms with Crippen LogP contribution in [0.5, 0.6) is 0 Å². The highest BCUT2D eigenvalue weighted by Crippen LogP contribution is 2.49. The third-order valence-electron chi connectivity index (χ3n) is 6.23. The molecule has 1 N–H and O–H groups in total. The van der Waals surface area contributed by atoms with Crippen LogP contribution in [-0.4, -0.2) is 40.7 Å². The van der Waals surface area contributed by atoms with E-state index in [-0.39, 0.29) is 11.6 Å². The van der Waals surface area contributed by atoms with Crippen LogP contribution in [0.15, 0.2) is 57.4 Å². The van der Waals surface area contributed by atoms with Crippen LogP contribution >= 0.6 is 11.3 Å². The van der Waals surface area contributed by atoms with Gasteiger partial charge in [-0.2, -0.15) is 11.3 Å². The van der Waals surface area contributed by atoms with Crippen LogP contribution in [0, 0.1) is 0 Å². The number of aliphatic carboxylic acids is 1. The second-order valence-corrected chi connectivity index (χ2v) is 9.88. The second kappa shape index (κ2) is 10.9. The highest BCUT2D eigenvalue weighted by atomic mass is 32.1. The quantitative estimate of drug-likeness (QED) is 0.344. The highest BCUT2D eigenvalue weighted by Gasteiger charge is 2.52. The van der Waals surface area contributed by atoms with Gasteiger partial charge in [-0.3, -0.25) is 4.79 Å². The normalized spacial score (nSPS) is 14.6. The molecule has 0 radical (unpaired) electrons. The molecular weight excluding hydrogens is 432 g/mol. The third kappa shape index (κ3) is 6.20. The number of carbonyl (C=O) groups is 2. The van der Waals surface area contributed by atoms with Gasteiger partial charge in [-0.25, -0.2) is 9.79 Å². The second-order valence-electron chi connectivity index (χ2n) is 9.10. The number of carbonyl (C=O) groups excluding carboxylic acids is 1. The molecule has 176 valence electrons. The Hall–Kier alpha value is -2.73. The standard InChI is InChI=1S/C27H34N2O3S/c1-5-21-8-10-23(11-9-21)27(13-14-27)26(32)29(15-6-7-22-12-16-33-18-22)17-20(4)28-24(19(2)3)25(30)31/h8-12,16,18H,5-7,13-15,17H2,1-4H3,(H,30,31)/b28-20+. The minimum Gasteiger partial charge on any atom is -0.477 e. The van der Waals surface area contributed by atoms with Gasteiger partial charge in [0.05, 0.1) is 12.0 Å². The predicted molar refractivity (Wildman–Crippen MR) is 135 cm³/mol. The molecule has 1 heterocycles. The first-order chi connectivity index (χ1) is 15.8. The summed E-state index contributed by atoms with van der Waals surface area (Å²) in [6, 6.07) is 10.5. The number of nitrogens with zero attached hydrogens (tertiary/aromatic N) is 2. The molecule has 1 aliphatic carbocycles. The Kier molecular flexibility index (Phi) is 8.25. The average Bonchev–Trinajstić information content (AvgIpc) is 3.44. The smallest absolute Gasteiger partial charge is 0.354 e. The monoisotopic (exact) mass is 466 g/mol. The molecule has 1 saturated carbocycles. The van der Waals surface area contributed by atoms with Crippen LogP contribution in [0.1, 0.15) is 63.6 Å². The molecule has 33 heavy (non-hydrogen) atoms. The Morgan fingerprint density at radius 1 is 1.09 bits per heavy atom. The summed E-state index contributed by atoms with van der Waals surface area (Å²) in [6.45, 7) is 8.37. The van der Waals surface area contributed by atoms with Gasteiger partial charge >= 0.3 is 5.97 Å². The zero-order valence-corrected chi connectivity index (χ0v) is 20.9. The van der Waals surface area contributed by atoms with E-state index in [1.807, 2.05) is 4.90 Å². The predicted octanol–water partition coefficient (Wildman–Crippen LogP) is 5.64. The zero-order valence-electron chi connectivity index (χ0n) is 20.1. The molecule has 1 amide bonds. The van der Waals surface area contributed by atoms with Gasteiger partial charge in [0, 0.05) is 12.3 Å². The molecule has 1 aliphatic rings. The molecule has 2 aromatic rings. The molecule has 0 atom stereocenters. The minimum absolute atomic E-state index is 0.0504. The van der Waals surface area contributed by atoms with Crippen molar-refractivity contribution in [3.8, 4) is 0 Å². The fourth-order valence-electron chi connectivity index (χ4n) is 4.15. The lowest BCUT2D eigenvalue weighted by molar-refractivity contribution is -0.133. The number of aliphatic imine (C=N–C) groups is 1. The van der Waals surface area contributed by atoms with Crippen molar-refractivity contribution in [3.05, 3.63) is 69.1 Å². The maximum absolute atomic E-state index is 13.8. The summed E-state index contributed by atoms with van der Waals surface area (Å²) in [4.78, 5) is 31.6. The van der Waals surface area contributed by atoms with E-state index in [1.54, 1.807) is 32.1 Å². The molecule has 6 heteroatoms. The van der Waals surface area contributed by atoms with Gasteiger partial charge in [0.15, 0.2) is 0 Å². The van der Waals surface area contributed by atoms with Gasteiger partial charge in [-0.15, -0.1) is 0 Å². The number of carboxylic acids is 1. The van der Waals surface area contributed by atoms with E-state index in [4.69, 9.17) is 0 Å². The number of amides is 1. The van der Waals surface area contributed by atoms with E-state index in [1.165, 1.54) is 11.1 Å². The van der Waals surface area contributed by atoms with Crippen molar-refractivity contribution in [3.63, 3.8) is 0 Å². The summed E-state index contributed by atoms with van der Waals surface area (Å²) >= 11 is 1.68. The number of aryl methyl sites for hydroxylation is 2. The first-order valence-corrected chi connectivity index (χ1v) is 12.6. The van der Waals surface area contributed by atoms with Crippen molar-refractivity contribution >= 4 is 28.9 Å². The van der Waals surface area contributed by atoms with Crippen molar-refractivity contribution in [1.82, 2.24) is 4.90 Å². The van der Waals surface area contributed by atoms with E-state index in [0.29, 0.717) is 24.4 Å². The van der Waals surface area contributed by atoms with Crippen molar-refractivity contribution in [2.45, 2.75) is 65.2 Å². The van der Waals surface area contributed by atoms with E-state index in [9.17, 15) is 14.7 Å². The maximum atomic E-state index is 13.8. The summed E-state index contributed by atoms with van der Waals surface area (Å²) in [5.41, 5.74) is 4.50. The molecule has 3 rings (SSSR count). The van der Waals surface area contributed by atoms with Crippen LogP contribution in [0.2, 0.25) is 0 Å². The van der Waals surface area contributed by atoms with Gasteiger partial charge < -0.3 is 10.0 Å². The van der Waals surface area contributed by atoms with E-state index >= 15 is 0 Å². The fraction of sp³-hybridized carbons (Fsp3) is 0.444. The topological polar surface area (TPSA) is 70.0 Å². The van der Waals surface area contributed by atoms with Crippen molar-refractivity contribution in [2.75, 3.05) is 13.1 Å². The van der Waals surface area contributed by atoms with E-state index in [2.05, 4.69) is 53.0 Å². The van der Waals surface area contributed by atoms with E-state index in [0.717, 1.165) is 37.7 Å². The number of hydrogen-bond acceptors (Lipinski definition) is 4. The summed E-state index contributed by atoms with van der Waals surface area (Å²) in [5.74, 6) is -0.917. The average molecular weight is 467 g/mol. The van der Waals surface area contributed by atoms with Gasteiger partial charge in [-0.1, -0.05) is 31.2 Å². The molecule has 0 aliphatic heterocycles. The number of rotatable bonds is 11. The van der Waals surface area contributed by atoms with Gasteiger partial charge in [0.25, 0.3) is 0 Å². The van der Waals surface area contributed by atoms with Crippen LogP contribution in [0.4, 0.5) is 0 Å². The number of carboxylic acid groups (broad SMARTS) is 1. The van der Waals surface area contributed by atoms with Crippen molar-refractivity contribution in [1.29, 1.82) is 0 Å². The summed E-state index contributed by atoms with van der Waals surface area (Å²) in [7, 11) is 0. The Bertz CT molecular complexity index is 1030. The Morgan fingerprint density at radius 3 is 2.30 bits per heavy atom. The summed E-state index contributed by atoms with van der Waals surface area (Å²) < 4.78 is 0. The van der Waals surface area contributed by atoms with Crippen LogP contribution in [0.25, 0.3) is 0 Å². The highest BCUT2D eigenvalue weighted by molar-refractivity contribution is 7.07. The Balaban J connectivity index is 1.81. The summed E-state index contributed by atoms with van der Waals surface area (Å²) in [6.07, 6.45) is 4.44. The lowest BCUT2D eigenvalue weighted by Gasteiger charge is -2.28. The SMILES string of the molecule is CCc1ccc(C2(C(=O)N(CCCc3ccsc3)C/C(C)=N/C(C(=O)O)=C(C)C)CC2)cc1. The molecule has 1 aromatic heterocycles. The van der Waals surface area contributed by atoms with Gasteiger partial charge in [0.2, 0.25) is 5.91 Å². The molecule has 0 saturated heterocycles. The van der Waals surface area contributed by atoms with Crippen LogP contribution < -0.4 is 0 Å². The molecule has 0 unspecified atom stereocenters. The van der Waals surface area contributed by atoms with E-state index < -0.39 is 11.4 Å². The van der Waals surface area contributed by atoms with Crippen molar-refractivity contribution < 1.29 is 14.7 Å². The number of allylic oxidation sites excluding steroid dienone is 1. The number of hydrogen-bond donors (Lipinski definition) is 1. The largest absolute Gasteiger partial charge is 0.477 e. The lowest BCUT2D eigenvalue weighted by Crippen LogP contribution is -2.42. The number of thiophene rings is 1. The third-order valence-corrected chi connectivity index (χ3v) is 6.97. The Morgan fingerprint density at radius 2 is 1.79 bits per heavy atom. The minimum atomic E-state index is -1.04. The molecular formula is C27H34N2O3S. The summed E-state index contributed by atoms with van der Waals surface area (Å²) in [5, 5.41) is 13.7.